The van der Waals surface area contributed by atoms with Crippen LogP contribution in [0.3, 0.4) is 0 Å². The number of anilines is 2. The zero-order valence-electron chi connectivity index (χ0n) is 19.4. The van der Waals surface area contributed by atoms with Crippen molar-refractivity contribution in [2.45, 2.75) is 37.8 Å². The highest BCUT2D eigenvalue weighted by atomic mass is 19.1. The van der Waals surface area contributed by atoms with Gasteiger partial charge in [-0.3, -0.25) is 9.78 Å². The first-order valence-corrected chi connectivity index (χ1v) is 12.0. The number of amides is 1. The number of H-pyrrole nitrogens is 1. The summed E-state index contributed by atoms with van der Waals surface area (Å²) in [5, 5.41) is 9.80. The van der Waals surface area contributed by atoms with E-state index in [9.17, 15) is 9.18 Å². The molecule has 2 aromatic heterocycles. The van der Waals surface area contributed by atoms with Gasteiger partial charge in [-0.1, -0.05) is 17.9 Å². The standard InChI is InChI=1S/C27H26FN5O2/c1-35-26-19(28)3-2-4-22(26)33-25-23-21(10-12-30-27(23)34)32-24(25)18-9-11-29-14-16(18)6-8-20-15-5-7-17(13-15)31-20/h2-4,9,11,14-15,17,20,31-33H,5,7,10,12-13H2,1H3,(H,30,34)/t15-,17+,20+/m1/s1. The number of ether oxygens (including phenoxy) is 1. The van der Waals surface area contributed by atoms with Gasteiger partial charge in [0.1, 0.15) is 0 Å². The molecule has 2 bridgehead atoms. The lowest BCUT2D eigenvalue weighted by Crippen LogP contribution is -2.34. The van der Waals surface area contributed by atoms with E-state index in [2.05, 4.69) is 37.8 Å². The Morgan fingerprint density at radius 3 is 2.97 bits per heavy atom. The average Bonchev–Trinajstić information content (AvgIpc) is 3.58. The van der Waals surface area contributed by atoms with Gasteiger partial charge in [-0.2, -0.15) is 0 Å². The molecule has 2 aliphatic heterocycles. The van der Waals surface area contributed by atoms with Gasteiger partial charge >= 0.3 is 0 Å². The minimum Gasteiger partial charge on any atom is -0.492 e. The molecule has 4 N–H and O–H groups in total. The number of methoxy groups -OCH3 is 1. The maximum atomic E-state index is 14.4. The number of para-hydroxylation sites is 1. The van der Waals surface area contributed by atoms with Crippen LogP contribution in [0.4, 0.5) is 15.8 Å². The minimum atomic E-state index is -0.485. The van der Waals surface area contributed by atoms with Gasteiger partial charge in [0, 0.05) is 42.7 Å². The molecule has 3 atom stereocenters. The van der Waals surface area contributed by atoms with Crippen molar-refractivity contribution < 1.29 is 13.9 Å². The molecule has 0 unspecified atom stereocenters. The number of carbonyl (C=O) groups is 1. The highest BCUT2D eigenvalue weighted by Crippen LogP contribution is 2.40. The molecular formula is C27H26FN5O2. The molecule has 2 fully saturated rings. The van der Waals surface area contributed by atoms with Crippen LogP contribution in [0.1, 0.15) is 40.9 Å². The SMILES string of the molecule is COc1c(F)cccc1Nc1c(-c2ccncc2C#C[C@@H]2N[C@H]3CC[C@@H]2C3)[nH]c2c1C(=O)NCC2. The topological polar surface area (TPSA) is 91.1 Å². The third-order valence-corrected chi connectivity index (χ3v) is 7.21. The van der Waals surface area contributed by atoms with Gasteiger partial charge in [0.25, 0.3) is 5.91 Å². The molecule has 3 aliphatic rings. The van der Waals surface area contributed by atoms with Gasteiger partial charge in [-0.05, 0) is 43.4 Å². The lowest BCUT2D eigenvalue weighted by molar-refractivity contribution is 0.0947. The van der Waals surface area contributed by atoms with Gasteiger partial charge in [0.05, 0.1) is 41.3 Å². The summed E-state index contributed by atoms with van der Waals surface area (Å²) in [4.78, 5) is 20.7. The fraction of sp³-hybridized carbons (Fsp3) is 0.333. The summed E-state index contributed by atoms with van der Waals surface area (Å²) in [7, 11) is 1.42. The first-order valence-electron chi connectivity index (χ1n) is 12.0. The monoisotopic (exact) mass is 471 g/mol. The minimum absolute atomic E-state index is 0.0849. The summed E-state index contributed by atoms with van der Waals surface area (Å²) >= 11 is 0. The van der Waals surface area contributed by atoms with E-state index in [1.54, 1.807) is 24.5 Å². The number of hydrogen-bond donors (Lipinski definition) is 4. The number of benzene rings is 1. The Balaban J connectivity index is 1.45. The number of piperidine rings is 1. The quantitative estimate of drug-likeness (QED) is 0.435. The van der Waals surface area contributed by atoms with Crippen LogP contribution in [0.2, 0.25) is 0 Å². The Labute approximate surface area is 202 Å². The lowest BCUT2D eigenvalue weighted by Gasteiger charge is -2.17. The summed E-state index contributed by atoms with van der Waals surface area (Å²) in [6.07, 6.45) is 7.78. The Hall–Kier alpha value is -3.83. The Bertz CT molecular complexity index is 1370. The molecule has 0 spiro atoms. The molecule has 1 aromatic carbocycles. The molecule has 35 heavy (non-hydrogen) atoms. The van der Waals surface area contributed by atoms with Crippen molar-refractivity contribution in [2.75, 3.05) is 19.0 Å². The molecule has 1 amide bonds. The van der Waals surface area contributed by atoms with E-state index in [1.807, 2.05) is 6.07 Å². The van der Waals surface area contributed by atoms with E-state index in [-0.39, 0.29) is 17.7 Å². The molecule has 1 saturated heterocycles. The molecule has 6 rings (SSSR count). The van der Waals surface area contributed by atoms with Gasteiger partial charge < -0.3 is 25.7 Å². The van der Waals surface area contributed by atoms with Crippen molar-refractivity contribution >= 4 is 17.3 Å². The summed E-state index contributed by atoms with van der Waals surface area (Å²) in [6, 6.07) is 7.33. The van der Waals surface area contributed by atoms with Crippen LogP contribution in [-0.2, 0) is 6.42 Å². The van der Waals surface area contributed by atoms with Crippen molar-refractivity contribution in [3.05, 3.63) is 59.3 Å². The van der Waals surface area contributed by atoms with E-state index in [0.29, 0.717) is 47.6 Å². The first kappa shape index (κ1) is 21.7. The van der Waals surface area contributed by atoms with Crippen molar-refractivity contribution in [3.63, 3.8) is 0 Å². The predicted molar refractivity (Wildman–Crippen MR) is 131 cm³/mol. The first-order chi connectivity index (χ1) is 17.1. The molecule has 1 saturated carbocycles. The summed E-state index contributed by atoms with van der Waals surface area (Å²) in [6.45, 7) is 0.549. The number of pyridine rings is 1. The number of fused-ring (bicyclic) bond motifs is 3. The third kappa shape index (κ3) is 3.82. The molecule has 7 nitrogen and oxygen atoms in total. The molecule has 4 heterocycles. The van der Waals surface area contributed by atoms with Crippen LogP contribution in [0, 0.1) is 23.6 Å². The highest BCUT2D eigenvalue weighted by Gasteiger charge is 2.38. The van der Waals surface area contributed by atoms with Gasteiger partial charge in [0.2, 0.25) is 0 Å². The number of halogens is 1. The smallest absolute Gasteiger partial charge is 0.255 e. The molecule has 3 aromatic rings. The third-order valence-electron chi connectivity index (χ3n) is 7.21. The van der Waals surface area contributed by atoms with Crippen molar-refractivity contribution in [1.29, 1.82) is 0 Å². The van der Waals surface area contributed by atoms with Crippen molar-refractivity contribution in [1.82, 2.24) is 20.6 Å². The fourth-order valence-electron chi connectivity index (χ4n) is 5.54. The number of carbonyl (C=O) groups excluding carboxylic acids is 1. The number of rotatable bonds is 4. The summed E-state index contributed by atoms with van der Waals surface area (Å²) in [5.41, 5.74) is 4.65. The van der Waals surface area contributed by atoms with E-state index in [4.69, 9.17) is 4.74 Å². The highest BCUT2D eigenvalue weighted by molar-refractivity contribution is 6.06. The van der Waals surface area contributed by atoms with Crippen LogP contribution in [0.25, 0.3) is 11.3 Å². The summed E-state index contributed by atoms with van der Waals surface area (Å²) < 4.78 is 19.7. The van der Waals surface area contributed by atoms with Crippen LogP contribution in [0.15, 0.2) is 36.7 Å². The number of hydrogen-bond acceptors (Lipinski definition) is 5. The number of nitrogens with one attached hydrogen (secondary N) is 4. The largest absolute Gasteiger partial charge is 0.492 e. The predicted octanol–water partition coefficient (Wildman–Crippen LogP) is 3.75. The molecular weight excluding hydrogens is 445 g/mol. The normalized spacial score (nSPS) is 22.2. The van der Waals surface area contributed by atoms with E-state index in [0.717, 1.165) is 16.8 Å². The maximum Gasteiger partial charge on any atom is 0.255 e. The number of nitrogens with zero attached hydrogens (tertiary/aromatic N) is 1. The molecule has 1 aliphatic carbocycles. The van der Waals surface area contributed by atoms with Gasteiger partial charge in [0.15, 0.2) is 11.6 Å². The molecule has 178 valence electrons. The van der Waals surface area contributed by atoms with Crippen molar-refractivity contribution in [2.24, 2.45) is 5.92 Å². The number of aromatic nitrogens is 2. The second kappa shape index (κ2) is 8.75. The van der Waals surface area contributed by atoms with Crippen molar-refractivity contribution in [3.8, 4) is 28.8 Å². The van der Waals surface area contributed by atoms with Crippen LogP contribution >= 0.6 is 0 Å². The zero-order valence-corrected chi connectivity index (χ0v) is 19.4. The Morgan fingerprint density at radius 1 is 1.26 bits per heavy atom. The zero-order chi connectivity index (χ0) is 23.9. The second-order valence-electron chi connectivity index (χ2n) is 9.29. The number of aromatic amines is 1. The molecule has 0 radical (unpaired) electrons. The van der Waals surface area contributed by atoms with Gasteiger partial charge in [-0.25, -0.2) is 4.39 Å². The Morgan fingerprint density at radius 2 is 2.17 bits per heavy atom. The van der Waals surface area contributed by atoms with Crippen LogP contribution < -0.4 is 20.7 Å². The maximum absolute atomic E-state index is 14.4. The Kier molecular flexibility index (Phi) is 5.42. The van der Waals surface area contributed by atoms with E-state index in [1.165, 1.54) is 32.4 Å². The molecule has 8 heteroatoms. The summed E-state index contributed by atoms with van der Waals surface area (Å²) in [5.74, 6) is 6.79. The second-order valence-corrected chi connectivity index (χ2v) is 9.29. The lowest BCUT2D eigenvalue weighted by atomic mass is 9.99. The van der Waals surface area contributed by atoms with Crippen LogP contribution in [0.5, 0.6) is 5.75 Å². The van der Waals surface area contributed by atoms with Gasteiger partial charge in [-0.15, -0.1) is 0 Å². The average molecular weight is 472 g/mol. The fourth-order valence-corrected chi connectivity index (χ4v) is 5.54. The van der Waals surface area contributed by atoms with Crippen LogP contribution in [-0.4, -0.2) is 41.6 Å². The van der Waals surface area contributed by atoms with E-state index >= 15 is 0 Å². The van der Waals surface area contributed by atoms with E-state index < -0.39 is 5.82 Å².